The van der Waals surface area contributed by atoms with Crippen LogP contribution in [-0.2, 0) is 14.8 Å². The third kappa shape index (κ3) is 4.61. The molecule has 0 saturated carbocycles. The number of sulfonamides is 1. The molecule has 8 heteroatoms. The van der Waals surface area contributed by atoms with E-state index in [1.807, 2.05) is 0 Å². The second-order valence-corrected chi connectivity index (χ2v) is 9.67. The molecule has 0 spiro atoms. The fourth-order valence-corrected chi connectivity index (χ4v) is 5.26. The average Bonchev–Trinajstić information content (AvgIpc) is 2.68. The molecule has 2 unspecified atom stereocenters. The molecule has 2 aromatic rings. The number of rotatable bonds is 5. The lowest BCUT2D eigenvalue weighted by Gasteiger charge is -2.34. The van der Waals surface area contributed by atoms with Crippen LogP contribution in [0.5, 0.6) is 0 Å². The van der Waals surface area contributed by atoms with Gasteiger partial charge in [-0.1, -0.05) is 34.5 Å². The lowest BCUT2D eigenvalue weighted by atomic mass is 10.0. The molecule has 5 nitrogen and oxygen atoms in total. The maximum absolute atomic E-state index is 13.1. The van der Waals surface area contributed by atoms with Crippen LogP contribution < -0.4 is 5.32 Å². The van der Waals surface area contributed by atoms with E-state index in [2.05, 4.69) is 21.2 Å². The standard InChI is InChI=1S/C20H22BrFN2O3S/c1-14(15-5-9-17(22)10-6-15)23-20(25)19-4-2-3-13-24(19)28(26,27)18-11-7-16(21)8-12-18/h5-12,14,19H,2-4,13H2,1H3,(H,23,25). The largest absolute Gasteiger partial charge is 0.348 e. The molecule has 28 heavy (non-hydrogen) atoms. The summed E-state index contributed by atoms with van der Waals surface area (Å²) in [6.45, 7) is 2.10. The van der Waals surface area contributed by atoms with Crippen molar-refractivity contribution in [3.05, 3.63) is 64.4 Å². The van der Waals surface area contributed by atoms with E-state index in [-0.39, 0.29) is 22.7 Å². The van der Waals surface area contributed by atoms with Crippen LogP contribution in [0, 0.1) is 5.82 Å². The van der Waals surface area contributed by atoms with Crippen LogP contribution in [0.3, 0.4) is 0 Å². The van der Waals surface area contributed by atoms with Crippen molar-refractivity contribution in [2.45, 2.75) is 43.2 Å². The summed E-state index contributed by atoms with van der Waals surface area (Å²) in [5, 5.41) is 2.87. The molecular weight excluding hydrogens is 447 g/mol. The van der Waals surface area contributed by atoms with Gasteiger partial charge in [0.15, 0.2) is 0 Å². The number of halogens is 2. The lowest BCUT2D eigenvalue weighted by molar-refractivity contribution is -0.126. The van der Waals surface area contributed by atoms with Crippen molar-refractivity contribution >= 4 is 31.9 Å². The van der Waals surface area contributed by atoms with Gasteiger partial charge in [0.25, 0.3) is 0 Å². The van der Waals surface area contributed by atoms with E-state index in [4.69, 9.17) is 0 Å². The van der Waals surface area contributed by atoms with Crippen molar-refractivity contribution in [1.29, 1.82) is 0 Å². The van der Waals surface area contributed by atoms with Crippen molar-refractivity contribution in [3.8, 4) is 0 Å². The van der Waals surface area contributed by atoms with Gasteiger partial charge in [-0.25, -0.2) is 12.8 Å². The summed E-state index contributed by atoms with van der Waals surface area (Å²) in [7, 11) is -3.78. The molecular formula is C20H22BrFN2O3S. The maximum Gasteiger partial charge on any atom is 0.243 e. The van der Waals surface area contributed by atoms with Crippen LogP contribution >= 0.6 is 15.9 Å². The summed E-state index contributed by atoms with van der Waals surface area (Å²) < 4.78 is 41.4. The van der Waals surface area contributed by atoms with Gasteiger partial charge in [0.05, 0.1) is 10.9 Å². The number of benzene rings is 2. The Kier molecular flexibility index (Phi) is 6.52. The second kappa shape index (κ2) is 8.71. The quantitative estimate of drug-likeness (QED) is 0.720. The first kappa shape index (κ1) is 21.0. The van der Waals surface area contributed by atoms with Gasteiger partial charge in [-0.2, -0.15) is 4.31 Å². The molecule has 1 amide bonds. The molecule has 1 N–H and O–H groups in total. The zero-order chi connectivity index (χ0) is 20.3. The van der Waals surface area contributed by atoms with E-state index >= 15 is 0 Å². The molecule has 0 radical (unpaired) electrons. The van der Waals surface area contributed by atoms with Gasteiger partial charge in [-0.15, -0.1) is 0 Å². The van der Waals surface area contributed by atoms with Gasteiger partial charge in [0.2, 0.25) is 15.9 Å². The highest BCUT2D eigenvalue weighted by Gasteiger charge is 2.37. The summed E-state index contributed by atoms with van der Waals surface area (Å²) in [4.78, 5) is 13.1. The smallest absolute Gasteiger partial charge is 0.243 e. The third-order valence-corrected chi connectivity index (χ3v) is 7.36. The molecule has 0 bridgehead atoms. The second-order valence-electron chi connectivity index (χ2n) is 6.86. The van der Waals surface area contributed by atoms with Crippen LogP contribution in [0.1, 0.15) is 37.8 Å². The number of nitrogens with one attached hydrogen (secondary N) is 1. The van der Waals surface area contributed by atoms with E-state index in [9.17, 15) is 17.6 Å². The van der Waals surface area contributed by atoms with Crippen molar-refractivity contribution in [3.63, 3.8) is 0 Å². The monoisotopic (exact) mass is 468 g/mol. The van der Waals surface area contributed by atoms with Crippen molar-refractivity contribution < 1.29 is 17.6 Å². The van der Waals surface area contributed by atoms with Crippen molar-refractivity contribution in [1.82, 2.24) is 9.62 Å². The molecule has 1 aliphatic rings. The molecule has 1 saturated heterocycles. The Bertz CT molecular complexity index is 933. The number of piperidine rings is 1. The highest BCUT2D eigenvalue weighted by molar-refractivity contribution is 9.10. The SMILES string of the molecule is CC(NC(=O)C1CCCCN1S(=O)(=O)c1ccc(Br)cc1)c1ccc(F)cc1. The number of amides is 1. The molecule has 2 aromatic carbocycles. The molecule has 1 fully saturated rings. The van der Waals surface area contributed by atoms with Gasteiger partial charge in [-0.3, -0.25) is 4.79 Å². The van der Waals surface area contributed by atoms with Gasteiger partial charge in [0, 0.05) is 11.0 Å². The fraction of sp³-hybridized carbons (Fsp3) is 0.350. The predicted octanol–water partition coefficient (Wildman–Crippen LogP) is 4.01. The Morgan fingerprint density at radius 2 is 1.79 bits per heavy atom. The van der Waals surface area contributed by atoms with Gasteiger partial charge in [-0.05, 0) is 61.7 Å². The lowest BCUT2D eigenvalue weighted by Crippen LogP contribution is -2.52. The summed E-state index contributed by atoms with van der Waals surface area (Å²) in [6.07, 6.45) is 1.97. The molecule has 2 atom stereocenters. The van der Waals surface area contributed by atoms with Crippen LogP contribution in [0.25, 0.3) is 0 Å². The molecule has 150 valence electrons. The van der Waals surface area contributed by atoms with Crippen LogP contribution in [0.2, 0.25) is 0 Å². The first-order valence-corrected chi connectivity index (χ1v) is 11.4. The molecule has 1 heterocycles. The average molecular weight is 469 g/mol. The van der Waals surface area contributed by atoms with Gasteiger partial charge < -0.3 is 5.32 Å². The predicted molar refractivity (Wildman–Crippen MR) is 109 cm³/mol. The molecule has 0 aliphatic carbocycles. The highest BCUT2D eigenvalue weighted by atomic mass is 79.9. The number of carbonyl (C=O) groups is 1. The van der Waals surface area contributed by atoms with Gasteiger partial charge >= 0.3 is 0 Å². The minimum Gasteiger partial charge on any atom is -0.348 e. The minimum absolute atomic E-state index is 0.169. The molecule has 1 aliphatic heterocycles. The van der Waals surface area contributed by atoms with E-state index in [1.165, 1.54) is 28.6 Å². The van der Waals surface area contributed by atoms with Gasteiger partial charge in [0.1, 0.15) is 11.9 Å². The van der Waals surface area contributed by atoms with E-state index in [0.29, 0.717) is 19.4 Å². The summed E-state index contributed by atoms with van der Waals surface area (Å²) in [5.74, 6) is -0.682. The van der Waals surface area contributed by atoms with Crippen molar-refractivity contribution in [2.75, 3.05) is 6.54 Å². The van der Waals surface area contributed by atoms with Crippen molar-refractivity contribution in [2.24, 2.45) is 0 Å². The fourth-order valence-electron chi connectivity index (χ4n) is 3.34. The molecule has 0 aromatic heterocycles. The zero-order valence-electron chi connectivity index (χ0n) is 15.4. The normalized spacial score (nSPS) is 19.2. The van der Waals surface area contributed by atoms with E-state index in [0.717, 1.165) is 16.5 Å². The Morgan fingerprint density at radius 3 is 2.43 bits per heavy atom. The van der Waals surface area contributed by atoms with E-state index in [1.54, 1.807) is 31.2 Å². The third-order valence-electron chi connectivity index (χ3n) is 4.91. The number of hydrogen-bond donors (Lipinski definition) is 1. The summed E-state index contributed by atoms with van der Waals surface area (Å²) >= 11 is 3.30. The Hall–Kier alpha value is -1.77. The Morgan fingerprint density at radius 1 is 1.14 bits per heavy atom. The topological polar surface area (TPSA) is 66.5 Å². The number of carbonyl (C=O) groups excluding carboxylic acids is 1. The van der Waals surface area contributed by atoms with Crippen LogP contribution in [0.4, 0.5) is 4.39 Å². The zero-order valence-corrected chi connectivity index (χ0v) is 17.8. The van der Waals surface area contributed by atoms with Crippen LogP contribution in [-0.4, -0.2) is 31.2 Å². The summed E-state index contributed by atoms with van der Waals surface area (Å²) in [5.41, 5.74) is 0.757. The summed E-state index contributed by atoms with van der Waals surface area (Å²) in [6, 6.07) is 11.2. The Labute approximate surface area is 173 Å². The first-order valence-electron chi connectivity index (χ1n) is 9.12. The van der Waals surface area contributed by atoms with Crippen LogP contribution in [0.15, 0.2) is 57.9 Å². The maximum atomic E-state index is 13.1. The number of hydrogen-bond acceptors (Lipinski definition) is 3. The first-order chi connectivity index (χ1) is 13.3. The molecule has 3 rings (SSSR count). The minimum atomic E-state index is -3.78. The van der Waals surface area contributed by atoms with E-state index < -0.39 is 16.1 Å². The highest BCUT2D eigenvalue weighted by Crippen LogP contribution is 2.27. The Balaban J connectivity index is 1.79. The number of nitrogens with zero attached hydrogens (tertiary/aromatic N) is 1.